The Morgan fingerprint density at radius 1 is 1.17 bits per heavy atom. The van der Waals surface area contributed by atoms with Crippen LogP contribution in [-0.4, -0.2) is 38.1 Å². The summed E-state index contributed by atoms with van der Waals surface area (Å²) in [4.78, 5) is 16.3. The van der Waals surface area contributed by atoms with Gasteiger partial charge in [-0.25, -0.2) is 13.1 Å². The minimum absolute atomic E-state index is 0.0807. The molecule has 2 N–H and O–H groups in total. The van der Waals surface area contributed by atoms with Crippen molar-refractivity contribution in [1.29, 1.82) is 0 Å². The number of carbonyl (C=O) groups is 1. The van der Waals surface area contributed by atoms with Gasteiger partial charge in [0.2, 0.25) is 21.7 Å². The summed E-state index contributed by atoms with van der Waals surface area (Å²) in [6.07, 6.45) is 0. The first-order valence-electron chi connectivity index (χ1n) is 9.19. The highest BCUT2D eigenvalue weighted by Gasteiger charge is 2.20. The third-order valence-electron chi connectivity index (χ3n) is 4.25. The molecule has 3 rings (SSSR count). The standard InChI is InChI=1S/C20H22N4O5S/c1-4-21-20(25)16-11-15(9-10-17(16)28-3)30(26,27)22-12-18-23-19(24-29-18)14-7-5-13(2)6-8-14/h5-11,22H,4,12H2,1-3H3,(H,21,25). The molecule has 1 amide bonds. The Kier molecular flexibility index (Phi) is 6.48. The van der Waals surface area contributed by atoms with E-state index >= 15 is 0 Å². The second kappa shape index (κ2) is 9.06. The van der Waals surface area contributed by atoms with Gasteiger partial charge in [0.05, 0.1) is 24.1 Å². The maximum atomic E-state index is 12.7. The van der Waals surface area contributed by atoms with Crippen molar-refractivity contribution in [2.45, 2.75) is 25.3 Å². The molecular formula is C20H22N4O5S. The summed E-state index contributed by atoms with van der Waals surface area (Å²) in [6, 6.07) is 11.6. The Morgan fingerprint density at radius 3 is 2.57 bits per heavy atom. The summed E-state index contributed by atoms with van der Waals surface area (Å²) in [5, 5.41) is 6.51. The van der Waals surface area contributed by atoms with Crippen molar-refractivity contribution in [1.82, 2.24) is 20.2 Å². The first kappa shape index (κ1) is 21.5. The van der Waals surface area contributed by atoms with E-state index in [1.807, 2.05) is 31.2 Å². The Hall–Kier alpha value is -3.24. The summed E-state index contributed by atoms with van der Waals surface area (Å²) in [6.45, 7) is 3.94. The molecule has 0 atom stereocenters. The quantitative estimate of drug-likeness (QED) is 0.562. The lowest BCUT2D eigenvalue weighted by molar-refractivity contribution is 0.0952. The van der Waals surface area contributed by atoms with Crippen LogP contribution in [0.15, 0.2) is 51.9 Å². The third-order valence-corrected chi connectivity index (χ3v) is 5.65. The molecular weight excluding hydrogens is 408 g/mol. The molecule has 0 saturated heterocycles. The Bertz CT molecular complexity index is 1140. The number of hydrogen-bond donors (Lipinski definition) is 2. The number of carbonyl (C=O) groups excluding carboxylic acids is 1. The van der Waals surface area contributed by atoms with Gasteiger partial charge in [0.1, 0.15) is 5.75 Å². The van der Waals surface area contributed by atoms with Gasteiger partial charge in [0.25, 0.3) is 5.91 Å². The molecule has 0 bridgehead atoms. The third kappa shape index (κ3) is 4.84. The molecule has 0 aliphatic heterocycles. The van der Waals surface area contributed by atoms with E-state index in [0.29, 0.717) is 12.4 Å². The molecule has 2 aromatic carbocycles. The number of ether oxygens (including phenoxy) is 1. The van der Waals surface area contributed by atoms with Crippen LogP contribution in [0.25, 0.3) is 11.4 Å². The van der Waals surface area contributed by atoms with Crippen molar-refractivity contribution < 1.29 is 22.5 Å². The van der Waals surface area contributed by atoms with Crippen LogP contribution in [0.2, 0.25) is 0 Å². The number of sulfonamides is 1. The molecule has 0 aliphatic carbocycles. The van der Waals surface area contributed by atoms with Gasteiger partial charge in [-0.2, -0.15) is 4.98 Å². The van der Waals surface area contributed by atoms with Crippen LogP contribution in [0, 0.1) is 6.92 Å². The van der Waals surface area contributed by atoms with Crippen molar-refractivity contribution in [3.05, 3.63) is 59.5 Å². The molecule has 0 spiro atoms. The zero-order valence-electron chi connectivity index (χ0n) is 16.8. The first-order chi connectivity index (χ1) is 14.3. The van der Waals surface area contributed by atoms with E-state index in [2.05, 4.69) is 20.2 Å². The van der Waals surface area contributed by atoms with E-state index in [0.717, 1.165) is 11.1 Å². The second-order valence-corrected chi connectivity index (χ2v) is 8.19. The van der Waals surface area contributed by atoms with Gasteiger partial charge >= 0.3 is 0 Å². The van der Waals surface area contributed by atoms with Crippen LogP contribution in [0.5, 0.6) is 5.75 Å². The number of nitrogens with one attached hydrogen (secondary N) is 2. The van der Waals surface area contributed by atoms with E-state index in [1.54, 1.807) is 6.92 Å². The van der Waals surface area contributed by atoms with Crippen molar-refractivity contribution in [3.8, 4) is 17.1 Å². The molecule has 0 saturated carbocycles. The van der Waals surface area contributed by atoms with E-state index in [4.69, 9.17) is 9.26 Å². The molecule has 0 unspecified atom stereocenters. The molecule has 0 fully saturated rings. The number of hydrogen-bond acceptors (Lipinski definition) is 7. The van der Waals surface area contributed by atoms with Crippen molar-refractivity contribution in [3.63, 3.8) is 0 Å². The highest BCUT2D eigenvalue weighted by atomic mass is 32.2. The first-order valence-corrected chi connectivity index (χ1v) is 10.7. The van der Waals surface area contributed by atoms with Gasteiger partial charge < -0.3 is 14.6 Å². The number of aromatic nitrogens is 2. The van der Waals surface area contributed by atoms with Gasteiger partial charge in [-0.1, -0.05) is 35.0 Å². The maximum absolute atomic E-state index is 12.7. The minimum atomic E-state index is -3.93. The lowest BCUT2D eigenvalue weighted by Gasteiger charge is -2.11. The van der Waals surface area contributed by atoms with Crippen LogP contribution >= 0.6 is 0 Å². The summed E-state index contributed by atoms with van der Waals surface area (Å²) >= 11 is 0. The van der Waals surface area contributed by atoms with E-state index in [1.165, 1.54) is 25.3 Å². The normalized spacial score (nSPS) is 11.3. The molecule has 0 aliphatic rings. The molecule has 30 heavy (non-hydrogen) atoms. The fourth-order valence-electron chi connectivity index (χ4n) is 2.67. The van der Waals surface area contributed by atoms with Crippen LogP contribution in [0.1, 0.15) is 28.7 Å². The summed E-state index contributed by atoms with van der Waals surface area (Å²) in [5.74, 6) is 0.337. The van der Waals surface area contributed by atoms with Crippen LogP contribution in [0.4, 0.5) is 0 Å². The van der Waals surface area contributed by atoms with Crippen molar-refractivity contribution in [2.75, 3.05) is 13.7 Å². The average Bonchev–Trinajstić information content (AvgIpc) is 3.21. The number of nitrogens with zero attached hydrogens (tertiary/aromatic N) is 2. The van der Waals surface area contributed by atoms with Gasteiger partial charge in [-0.3, -0.25) is 4.79 Å². The Balaban J connectivity index is 1.76. The number of rotatable bonds is 8. The smallest absolute Gasteiger partial charge is 0.255 e. The fraction of sp³-hybridized carbons (Fsp3) is 0.250. The highest BCUT2D eigenvalue weighted by molar-refractivity contribution is 7.89. The summed E-state index contributed by atoms with van der Waals surface area (Å²) < 4.78 is 38.1. The van der Waals surface area contributed by atoms with E-state index in [-0.39, 0.29) is 28.6 Å². The minimum Gasteiger partial charge on any atom is -0.496 e. The van der Waals surface area contributed by atoms with Gasteiger partial charge in [-0.05, 0) is 32.0 Å². The predicted molar refractivity (Wildman–Crippen MR) is 109 cm³/mol. The monoisotopic (exact) mass is 430 g/mol. The number of benzene rings is 2. The highest BCUT2D eigenvalue weighted by Crippen LogP contribution is 2.23. The molecule has 3 aromatic rings. The van der Waals surface area contributed by atoms with E-state index in [9.17, 15) is 13.2 Å². The number of aryl methyl sites for hydroxylation is 1. The van der Waals surface area contributed by atoms with Gasteiger partial charge in [0, 0.05) is 12.1 Å². The second-order valence-electron chi connectivity index (χ2n) is 6.42. The van der Waals surface area contributed by atoms with E-state index < -0.39 is 15.9 Å². The lowest BCUT2D eigenvalue weighted by atomic mass is 10.1. The van der Waals surface area contributed by atoms with Crippen LogP contribution < -0.4 is 14.8 Å². The fourth-order valence-corrected chi connectivity index (χ4v) is 3.67. The van der Waals surface area contributed by atoms with Crippen LogP contribution in [0.3, 0.4) is 0 Å². The summed E-state index contributed by atoms with van der Waals surface area (Å²) in [5.41, 5.74) is 1.99. The lowest BCUT2D eigenvalue weighted by Crippen LogP contribution is -2.26. The molecule has 0 radical (unpaired) electrons. The predicted octanol–water partition coefficient (Wildman–Crippen LogP) is 2.28. The number of methoxy groups -OCH3 is 1. The topological polar surface area (TPSA) is 123 Å². The summed E-state index contributed by atoms with van der Waals surface area (Å²) in [7, 11) is -2.52. The van der Waals surface area contributed by atoms with Gasteiger partial charge in [0.15, 0.2) is 0 Å². The molecule has 1 heterocycles. The molecule has 1 aromatic heterocycles. The van der Waals surface area contributed by atoms with Crippen molar-refractivity contribution >= 4 is 15.9 Å². The molecule has 9 nitrogen and oxygen atoms in total. The average molecular weight is 430 g/mol. The van der Waals surface area contributed by atoms with Crippen LogP contribution in [-0.2, 0) is 16.6 Å². The maximum Gasteiger partial charge on any atom is 0.255 e. The van der Waals surface area contributed by atoms with Gasteiger partial charge in [-0.15, -0.1) is 0 Å². The molecule has 158 valence electrons. The largest absolute Gasteiger partial charge is 0.496 e. The molecule has 10 heteroatoms. The zero-order valence-corrected chi connectivity index (χ0v) is 17.6. The zero-order chi connectivity index (χ0) is 21.7. The number of amides is 1. The van der Waals surface area contributed by atoms with Crippen molar-refractivity contribution in [2.24, 2.45) is 0 Å². The Morgan fingerprint density at radius 2 is 1.90 bits per heavy atom. The SMILES string of the molecule is CCNC(=O)c1cc(S(=O)(=O)NCc2nc(-c3ccc(C)cc3)no2)ccc1OC. The Labute approximate surface area is 174 Å².